The minimum absolute atomic E-state index is 0.124. The highest BCUT2D eigenvalue weighted by atomic mass is 35.5. The number of anilines is 3. The average Bonchev–Trinajstić information content (AvgIpc) is 2.72. The van der Waals surface area contributed by atoms with Crippen molar-refractivity contribution >= 4 is 40.6 Å². The van der Waals surface area contributed by atoms with Gasteiger partial charge < -0.3 is 20.9 Å². The second kappa shape index (κ2) is 10.5. The van der Waals surface area contributed by atoms with Crippen molar-refractivity contribution in [1.29, 1.82) is 0 Å². The molecule has 31 heavy (non-hydrogen) atoms. The highest BCUT2D eigenvalue weighted by Gasteiger charge is 2.22. The number of nitrogens with zero attached hydrogens (tertiary/aromatic N) is 1. The standard InChI is InChI=1S/C24H31ClN4O2/c1-16(2)15-26-23(30)21-14-20(7-8-22(21)29-11-9-17(3)10-12-29)28-24(31)27-19-6-4-5-18(25)13-19/h4-8,13-14,16-17H,9-12,15H2,1-3H3,(H,26,30)(H2,27,28,31). The molecule has 1 fully saturated rings. The second-order valence-electron chi connectivity index (χ2n) is 8.59. The molecule has 6 nitrogen and oxygen atoms in total. The molecule has 2 aromatic rings. The van der Waals surface area contributed by atoms with Crippen LogP contribution in [0.15, 0.2) is 42.5 Å². The monoisotopic (exact) mass is 442 g/mol. The van der Waals surface area contributed by atoms with Gasteiger partial charge in [0, 0.05) is 41.7 Å². The fourth-order valence-electron chi connectivity index (χ4n) is 3.57. The maximum Gasteiger partial charge on any atom is 0.323 e. The third kappa shape index (κ3) is 6.62. The molecule has 0 spiro atoms. The Hall–Kier alpha value is -2.73. The SMILES string of the molecule is CC(C)CNC(=O)c1cc(NC(=O)Nc2cccc(Cl)c2)ccc1N1CCC(C)CC1. The number of benzene rings is 2. The number of carbonyl (C=O) groups is 2. The van der Waals surface area contributed by atoms with Crippen LogP contribution in [0, 0.1) is 11.8 Å². The Labute approximate surface area is 189 Å². The molecule has 0 radical (unpaired) electrons. The third-order valence-corrected chi connectivity index (χ3v) is 5.61. The molecule has 0 aliphatic carbocycles. The van der Waals surface area contributed by atoms with Crippen LogP contribution in [0.2, 0.25) is 5.02 Å². The van der Waals surface area contributed by atoms with Crippen LogP contribution in [0.1, 0.15) is 44.0 Å². The minimum Gasteiger partial charge on any atom is -0.371 e. The van der Waals surface area contributed by atoms with Crippen LogP contribution in [0.3, 0.4) is 0 Å². The zero-order valence-corrected chi connectivity index (χ0v) is 19.1. The Balaban J connectivity index is 1.78. The van der Waals surface area contributed by atoms with Crippen molar-refractivity contribution < 1.29 is 9.59 Å². The van der Waals surface area contributed by atoms with Crippen molar-refractivity contribution in [2.45, 2.75) is 33.6 Å². The van der Waals surface area contributed by atoms with E-state index >= 15 is 0 Å². The van der Waals surface area contributed by atoms with Crippen LogP contribution in [0.4, 0.5) is 21.9 Å². The summed E-state index contributed by atoms with van der Waals surface area (Å²) in [5.74, 6) is 0.930. The Bertz CT molecular complexity index is 924. The van der Waals surface area contributed by atoms with Crippen molar-refractivity contribution in [1.82, 2.24) is 5.32 Å². The van der Waals surface area contributed by atoms with E-state index in [1.54, 1.807) is 30.3 Å². The topological polar surface area (TPSA) is 73.5 Å². The fourth-order valence-corrected chi connectivity index (χ4v) is 3.76. The van der Waals surface area contributed by atoms with Gasteiger partial charge in [-0.3, -0.25) is 4.79 Å². The molecule has 3 amide bonds. The lowest BCUT2D eigenvalue weighted by Gasteiger charge is -2.33. The van der Waals surface area contributed by atoms with Crippen LogP contribution < -0.4 is 20.9 Å². The molecular formula is C24H31ClN4O2. The number of carbonyl (C=O) groups excluding carboxylic acids is 2. The summed E-state index contributed by atoms with van der Waals surface area (Å²) in [5, 5.41) is 9.12. The second-order valence-corrected chi connectivity index (χ2v) is 9.03. The maximum atomic E-state index is 13.0. The number of amides is 3. The number of hydrogen-bond acceptors (Lipinski definition) is 3. The molecule has 7 heteroatoms. The summed E-state index contributed by atoms with van der Waals surface area (Å²) in [6, 6.07) is 12.1. The molecular weight excluding hydrogens is 412 g/mol. The van der Waals surface area contributed by atoms with Crippen LogP contribution in [0.25, 0.3) is 0 Å². The van der Waals surface area contributed by atoms with E-state index in [2.05, 4.69) is 41.6 Å². The lowest BCUT2D eigenvalue weighted by molar-refractivity contribution is 0.0949. The lowest BCUT2D eigenvalue weighted by atomic mass is 9.97. The Morgan fingerprint density at radius 1 is 1.06 bits per heavy atom. The van der Waals surface area contributed by atoms with Crippen molar-refractivity contribution in [2.75, 3.05) is 35.2 Å². The molecule has 1 heterocycles. The van der Waals surface area contributed by atoms with Gasteiger partial charge in [-0.15, -0.1) is 0 Å². The first kappa shape index (κ1) is 22.9. The van der Waals surface area contributed by atoms with E-state index in [9.17, 15) is 9.59 Å². The third-order valence-electron chi connectivity index (χ3n) is 5.38. The quantitative estimate of drug-likeness (QED) is 0.544. The van der Waals surface area contributed by atoms with E-state index < -0.39 is 6.03 Å². The van der Waals surface area contributed by atoms with Gasteiger partial charge in [-0.25, -0.2) is 4.79 Å². The average molecular weight is 443 g/mol. The van der Waals surface area contributed by atoms with Gasteiger partial charge in [-0.1, -0.05) is 38.4 Å². The summed E-state index contributed by atoms with van der Waals surface area (Å²) < 4.78 is 0. The number of nitrogens with one attached hydrogen (secondary N) is 3. The molecule has 0 atom stereocenters. The Kier molecular flexibility index (Phi) is 7.80. The van der Waals surface area contributed by atoms with Crippen molar-refractivity contribution in [3.05, 3.63) is 53.1 Å². The van der Waals surface area contributed by atoms with Gasteiger partial charge in [0.15, 0.2) is 0 Å². The van der Waals surface area contributed by atoms with E-state index in [-0.39, 0.29) is 5.91 Å². The molecule has 3 N–H and O–H groups in total. The number of urea groups is 1. The molecule has 0 aromatic heterocycles. The van der Waals surface area contributed by atoms with Gasteiger partial charge in [0.25, 0.3) is 5.91 Å². The normalized spacial score (nSPS) is 14.4. The van der Waals surface area contributed by atoms with Crippen LogP contribution in [-0.2, 0) is 0 Å². The van der Waals surface area contributed by atoms with Gasteiger partial charge in [-0.05, 0) is 61.1 Å². The number of piperidine rings is 1. The molecule has 3 rings (SSSR count). The molecule has 0 saturated carbocycles. The predicted molar refractivity (Wildman–Crippen MR) is 128 cm³/mol. The fraction of sp³-hybridized carbons (Fsp3) is 0.417. The summed E-state index contributed by atoms with van der Waals surface area (Å²) >= 11 is 5.98. The minimum atomic E-state index is -0.393. The predicted octanol–water partition coefficient (Wildman–Crippen LogP) is 5.61. The number of halogens is 1. The molecule has 1 saturated heterocycles. The van der Waals surface area contributed by atoms with E-state index in [1.807, 2.05) is 12.1 Å². The maximum absolute atomic E-state index is 13.0. The van der Waals surface area contributed by atoms with E-state index in [0.717, 1.165) is 31.6 Å². The molecule has 2 aromatic carbocycles. The first-order chi connectivity index (χ1) is 14.8. The highest BCUT2D eigenvalue weighted by Crippen LogP contribution is 2.29. The smallest absolute Gasteiger partial charge is 0.323 e. The number of hydrogen-bond donors (Lipinski definition) is 3. The first-order valence-electron chi connectivity index (χ1n) is 10.8. The molecule has 166 valence electrons. The molecule has 1 aliphatic heterocycles. The van der Waals surface area contributed by atoms with Crippen LogP contribution in [-0.4, -0.2) is 31.6 Å². The summed E-state index contributed by atoms with van der Waals surface area (Å²) in [7, 11) is 0. The molecule has 0 unspecified atom stereocenters. The van der Waals surface area contributed by atoms with E-state index in [0.29, 0.717) is 40.3 Å². The van der Waals surface area contributed by atoms with Crippen molar-refractivity contribution in [2.24, 2.45) is 11.8 Å². The van der Waals surface area contributed by atoms with Gasteiger partial charge in [0.2, 0.25) is 0 Å². The van der Waals surface area contributed by atoms with Crippen LogP contribution >= 0.6 is 11.6 Å². The van der Waals surface area contributed by atoms with Gasteiger partial charge in [0.1, 0.15) is 0 Å². The lowest BCUT2D eigenvalue weighted by Crippen LogP contribution is -2.35. The van der Waals surface area contributed by atoms with Gasteiger partial charge in [-0.2, -0.15) is 0 Å². The zero-order chi connectivity index (χ0) is 22.4. The van der Waals surface area contributed by atoms with Crippen LogP contribution in [0.5, 0.6) is 0 Å². The summed E-state index contributed by atoms with van der Waals surface area (Å²) in [6.07, 6.45) is 2.21. The first-order valence-corrected chi connectivity index (χ1v) is 11.2. The zero-order valence-electron chi connectivity index (χ0n) is 18.4. The molecule has 1 aliphatic rings. The highest BCUT2D eigenvalue weighted by molar-refractivity contribution is 6.30. The summed E-state index contributed by atoms with van der Waals surface area (Å²) in [6.45, 7) is 8.83. The van der Waals surface area contributed by atoms with Crippen molar-refractivity contribution in [3.8, 4) is 0 Å². The summed E-state index contributed by atoms with van der Waals surface area (Å²) in [4.78, 5) is 27.7. The largest absolute Gasteiger partial charge is 0.371 e. The van der Waals surface area contributed by atoms with Gasteiger partial charge in [0.05, 0.1) is 5.56 Å². The van der Waals surface area contributed by atoms with Crippen molar-refractivity contribution in [3.63, 3.8) is 0 Å². The van der Waals surface area contributed by atoms with Gasteiger partial charge >= 0.3 is 6.03 Å². The number of rotatable bonds is 6. The van der Waals surface area contributed by atoms with E-state index in [1.165, 1.54) is 0 Å². The Morgan fingerprint density at radius 3 is 2.39 bits per heavy atom. The Morgan fingerprint density at radius 2 is 1.74 bits per heavy atom. The van der Waals surface area contributed by atoms with E-state index in [4.69, 9.17) is 11.6 Å². The molecule has 0 bridgehead atoms. The summed E-state index contributed by atoms with van der Waals surface area (Å²) in [5.41, 5.74) is 2.65.